The molecule has 1 aromatic heterocycles. The summed E-state index contributed by atoms with van der Waals surface area (Å²) in [5.41, 5.74) is 3.36. The highest BCUT2D eigenvalue weighted by molar-refractivity contribution is 6.39. The van der Waals surface area contributed by atoms with Crippen molar-refractivity contribution in [3.63, 3.8) is 0 Å². The summed E-state index contributed by atoms with van der Waals surface area (Å²) in [4.78, 5) is 6.94. The van der Waals surface area contributed by atoms with Crippen LogP contribution in [0.15, 0.2) is 60.1 Å². The number of aromatic nitrogens is 3. The van der Waals surface area contributed by atoms with Crippen LogP contribution in [0.25, 0.3) is 5.69 Å². The Morgan fingerprint density at radius 3 is 2.68 bits per heavy atom. The summed E-state index contributed by atoms with van der Waals surface area (Å²) in [6.45, 7) is 5.58. The highest BCUT2D eigenvalue weighted by Gasteiger charge is 2.25. The molecule has 0 spiro atoms. The molecule has 0 saturated heterocycles. The second kappa shape index (κ2) is 7.87. The second-order valence-electron chi connectivity index (χ2n) is 6.63. The summed E-state index contributed by atoms with van der Waals surface area (Å²) in [7, 11) is 2.02. The van der Waals surface area contributed by atoms with Crippen molar-refractivity contribution in [3.05, 3.63) is 87.9 Å². The maximum Gasteiger partial charge on any atom is 0.159 e. The Bertz CT molecular complexity index is 1070. The molecule has 5 nitrogen and oxygen atoms in total. The van der Waals surface area contributed by atoms with Gasteiger partial charge in [-0.3, -0.25) is 14.5 Å². The minimum Gasteiger partial charge on any atom is -0.295 e. The van der Waals surface area contributed by atoms with E-state index >= 15 is 0 Å². The smallest absolute Gasteiger partial charge is 0.159 e. The van der Waals surface area contributed by atoms with Gasteiger partial charge in [0.15, 0.2) is 11.6 Å². The number of halogens is 2. The van der Waals surface area contributed by atoms with Crippen LogP contribution in [0.2, 0.25) is 10.0 Å². The first-order chi connectivity index (χ1) is 13.6. The molecule has 3 aromatic rings. The number of hydrogen-bond donors (Lipinski definition) is 0. The monoisotopic (exact) mass is 411 g/mol. The van der Waals surface area contributed by atoms with Crippen molar-refractivity contribution < 1.29 is 0 Å². The van der Waals surface area contributed by atoms with Crippen LogP contribution in [-0.4, -0.2) is 39.0 Å². The van der Waals surface area contributed by atoms with Gasteiger partial charge < -0.3 is 0 Å². The van der Waals surface area contributed by atoms with Gasteiger partial charge in [-0.15, -0.1) is 16.8 Å². The Morgan fingerprint density at radius 2 is 1.89 bits per heavy atom. The molecule has 2 heterocycles. The third kappa shape index (κ3) is 3.37. The zero-order chi connectivity index (χ0) is 19.7. The molecule has 142 valence electrons. The lowest BCUT2D eigenvalue weighted by molar-refractivity contribution is 0.350. The van der Waals surface area contributed by atoms with Crippen LogP contribution in [0.5, 0.6) is 0 Å². The van der Waals surface area contributed by atoms with E-state index in [-0.39, 0.29) is 0 Å². The number of hydrogen-bond acceptors (Lipinski definition) is 4. The van der Waals surface area contributed by atoms with Gasteiger partial charge in [0.2, 0.25) is 0 Å². The van der Waals surface area contributed by atoms with E-state index in [1.54, 1.807) is 0 Å². The van der Waals surface area contributed by atoms with Crippen LogP contribution < -0.4 is 0 Å². The number of aliphatic imine (C=N–C) groups is 1. The van der Waals surface area contributed by atoms with E-state index in [2.05, 4.69) is 21.7 Å². The largest absolute Gasteiger partial charge is 0.295 e. The van der Waals surface area contributed by atoms with Gasteiger partial charge in [0, 0.05) is 22.7 Å². The molecule has 1 aliphatic rings. The average Bonchev–Trinajstić information content (AvgIpc) is 2.98. The lowest BCUT2D eigenvalue weighted by atomic mass is 10.00. The third-order valence-electron chi connectivity index (χ3n) is 4.63. The molecule has 1 aliphatic heterocycles. The Kier molecular flexibility index (Phi) is 5.31. The van der Waals surface area contributed by atoms with Crippen LogP contribution in [0.4, 0.5) is 0 Å². The fourth-order valence-corrected chi connectivity index (χ4v) is 3.88. The molecule has 0 bridgehead atoms. The predicted octanol–water partition coefficient (Wildman–Crippen LogP) is 4.54. The predicted molar refractivity (Wildman–Crippen MR) is 114 cm³/mol. The van der Waals surface area contributed by atoms with Crippen molar-refractivity contribution in [2.24, 2.45) is 4.99 Å². The first-order valence-corrected chi connectivity index (χ1v) is 9.67. The van der Waals surface area contributed by atoms with Crippen molar-refractivity contribution in [3.8, 4) is 5.69 Å². The molecule has 0 unspecified atom stereocenters. The minimum absolute atomic E-state index is 0.393. The van der Waals surface area contributed by atoms with Gasteiger partial charge in [-0.1, -0.05) is 53.5 Å². The Hall–Kier alpha value is -2.47. The Balaban J connectivity index is 1.89. The molecular formula is C21H19Cl2N5. The van der Waals surface area contributed by atoms with Crippen LogP contribution in [0.3, 0.4) is 0 Å². The third-order valence-corrected chi connectivity index (χ3v) is 5.27. The van der Waals surface area contributed by atoms with E-state index < -0.39 is 0 Å². The zero-order valence-electron chi connectivity index (χ0n) is 15.4. The number of rotatable bonds is 5. The second-order valence-corrected chi connectivity index (χ2v) is 7.45. The molecular weight excluding hydrogens is 393 g/mol. The highest BCUT2D eigenvalue weighted by Crippen LogP contribution is 2.32. The van der Waals surface area contributed by atoms with Crippen molar-refractivity contribution in [2.75, 3.05) is 13.6 Å². The number of benzene rings is 2. The number of fused-ring (bicyclic) bond motifs is 3. The molecule has 7 heteroatoms. The lowest BCUT2D eigenvalue weighted by Gasteiger charge is -2.18. The van der Waals surface area contributed by atoms with E-state index in [0.29, 0.717) is 23.1 Å². The summed E-state index contributed by atoms with van der Waals surface area (Å²) in [5.74, 6) is 1.60. The minimum atomic E-state index is 0.393. The molecule has 0 N–H and O–H groups in total. The van der Waals surface area contributed by atoms with E-state index in [0.717, 1.165) is 40.7 Å². The van der Waals surface area contributed by atoms with E-state index in [4.69, 9.17) is 28.2 Å². The van der Waals surface area contributed by atoms with Gasteiger partial charge in [0.05, 0.1) is 23.0 Å². The molecule has 4 rings (SSSR count). The summed E-state index contributed by atoms with van der Waals surface area (Å²) < 4.78 is 2.05. The van der Waals surface area contributed by atoms with Crippen LogP contribution in [0, 0.1) is 0 Å². The summed E-state index contributed by atoms with van der Waals surface area (Å²) >= 11 is 13.1. The fraction of sp³-hybridized carbons (Fsp3) is 0.190. The summed E-state index contributed by atoms with van der Waals surface area (Å²) in [5, 5.41) is 10.0. The molecule has 0 fully saturated rings. The van der Waals surface area contributed by atoms with E-state index in [1.807, 2.05) is 60.2 Å². The molecule has 0 saturated carbocycles. The standard InChI is InChI=1S/C21H19Cl2N5/c1-3-11-27(2)13-19-26-25-18-12-24-21(14-7-4-5-8-15(14)22)20-16(23)9-6-10-17(20)28(18)19/h3-10H,1,11-13H2,2H3. The van der Waals surface area contributed by atoms with Crippen molar-refractivity contribution in [1.29, 1.82) is 0 Å². The van der Waals surface area contributed by atoms with Gasteiger partial charge in [0.25, 0.3) is 0 Å². The summed E-state index contributed by atoms with van der Waals surface area (Å²) in [6, 6.07) is 13.5. The first kappa shape index (κ1) is 18.9. The Labute approximate surface area is 173 Å². The quantitative estimate of drug-likeness (QED) is 0.578. The van der Waals surface area contributed by atoms with Gasteiger partial charge in [-0.25, -0.2) is 0 Å². The maximum absolute atomic E-state index is 6.65. The molecule has 0 atom stereocenters. The van der Waals surface area contributed by atoms with Crippen molar-refractivity contribution in [2.45, 2.75) is 13.1 Å². The van der Waals surface area contributed by atoms with Crippen LogP contribution >= 0.6 is 23.2 Å². The van der Waals surface area contributed by atoms with Crippen molar-refractivity contribution in [1.82, 2.24) is 19.7 Å². The normalized spacial score (nSPS) is 12.9. The van der Waals surface area contributed by atoms with E-state index in [9.17, 15) is 0 Å². The zero-order valence-corrected chi connectivity index (χ0v) is 17.0. The number of nitrogens with zero attached hydrogens (tertiary/aromatic N) is 5. The summed E-state index contributed by atoms with van der Waals surface area (Å²) in [6.07, 6.45) is 1.86. The fourth-order valence-electron chi connectivity index (χ4n) is 3.40. The van der Waals surface area contributed by atoms with Gasteiger partial charge >= 0.3 is 0 Å². The molecule has 2 aromatic carbocycles. The van der Waals surface area contributed by atoms with Crippen LogP contribution in [-0.2, 0) is 13.1 Å². The molecule has 0 amide bonds. The number of likely N-dealkylation sites (N-methyl/N-ethyl adjacent to an activating group) is 1. The molecule has 28 heavy (non-hydrogen) atoms. The first-order valence-electron chi connectivity index (χ1n) is 8.91. The van der Waals surface area contributed by atoms with E-state index in [1.165, 1.54) is 0 Å². The SMILES string of the molecule is C=CCN(C)Cc1nnc2n1-c1cccc(Cl)c1C(c1ccccc1Cl)=NC2. The van der Waals surface area contributed by atoms with Gasteiger partial charge in [-0.05, 0) is 25.2 Å². The van der Waals surface area contributed by atoms with Crippen molar-refractivity contribution >= 4 is 28.9 Å². The van der Waals surface area contributed by atoms with Gasteiger partial charge in [-0.2, -0.15) is 0 Å². The maximum atomic E-state index is 6.65. The highest BCUT2D eigenvalue weighted by atomic mass is 35.5. The van der Waals surface area contributed by atoms with Crippen LogP contribution in [0.1, 0.15) is 22.8 Å². The molecule has 0 aliphatic carbocycles. The average molecular weight is 412 g/mol. The lowest BCUT2D eigenvalue weighted by Crippen LogP contribution is -2.21. The van der Waals surface area contributed by atoms with Gasteiger partial charge in [0.1, 0.15) is 6.54 Å². The Morgan fingerprint density at radius 1 is 1.11 bits per heavy atom. The molecule has 0 radical (unpaired) electrons. The topological polar surface area (TPSA) is 46.3 Å².